The molecule has 0 aliphatic carbocycles. The number of methoxy groups -OCH3 is 1. The van der Waals surface area contributed by atoms with E-state index in [1.54, 1.807) is 29.8 Å². The Hall–Kier alpha value is -2.34. The van der Waals surface area contributed by atoms with Gasteiger partial charge in [-0.2, -0.15) is 0 Å². The number of hydrogen-bond donors (Lipinski definition) is 2. The fourth-order valence-electron chi connectivity index (χ4n) is 2.79. The second-order valence-corrected chi connectivity index (χ2v) is 6.75. The Morgan fingerprint density at radius 1 is 1.21 bits per heavy atom. The van der Waals surface area contributed by atoms with Gasteiger partial charge in [-0.25, -0.2) is 0 Å². The average molecular weight is 345 g/mol. The number of hydrogen-bond acceptors (Lipinski definition) is 5. The molecule has 6 heteroatoms. The molecule has 0 radical (unpaired) electrons. The van der Waals surface area contributed by atoms with Crippen molar-refractivity contribution in [3.63, 3.8) is 0 Å². The molecule has 1 fully saturated rings. The summed E-state index contributed by atoms with van der Waals surface area (Å²) in [6.07, 6.45) is 0.486. The van der Waals surface area contributed by atoms with E-state index in [4.69, 9.17) is 4.74 Å². The van der Waals surface area contributed by atoms with Gasteiger partial charge in [0.15, 0.2) is 11.5 Å². The Bertz CT molecular complexity index is 750. The third-order valence-electron chi connectivity index (χ3n) is 3.99. The van der Waals surface area contributed by atoms with Gasteiger partial charge in [0.2, 0.25) is 5.91 Å². The summed E-state index contributed by atoms with van der Waals surface area (Å²) in [5, 5.41) is 19.0. The van der Waals surface area contributed by atoms with Gasteiger partial charge in [-0.05, 0) is 23.8 Å². The molecule has 1 aliphatic heterocycles. The van der Waals surface area contributed by atoms with Crippen molar-refractivity contribution >= 4 is 17.7 Å². The van der Waals surface area contributed by atoms with E-state index < -0.39 is 0 Å². The van der Waals surface area contributed by atoms with E-state index in [1.807, 2.05) is 24.3 Å². The first-order valence-electron chi connectivity index (χ1n) is 7.65. The molecule has 2 aromatic carbocycles. The van der Waals surface area contributed by atoms with Crippen LogP contribution in [0.2, 0.25) is 0 Å². The van der Waals surface area contributed by atoms with Crippen LogP contribution in [0.3, 0.4) is 0 Å². The number of amides is 1. The highest BCUT2D eigenvalue weighted by Crippen LogP contribution is 2.42. The molecule has 5 nitrogen and oxygen atoms in total. The molecule has 0 aromatic heterocycles. The van der Waals surface area contributed by atoms with E-state index in [1.165, 1.54) is 12.1 Å². The van der Waals surface area contributed by atoms with E-state index in [0.29, 0.717) is 13.0 Å². The lowest BCUT2D eigenvalue weighted by Crippen LogP contribution is -2.36. The van der Waals surface area contributed by atoms with Crippen molar-refractivity contribution in [3.05, 3.63) is 53.6 Å². The largest absolute Gasteiger partial charge is 0.504 e. The Labute approximate surface area is 144 Å². The molecule has 0 saturated carbocycles. The molecule has 2 N–H and O–H groups in total. The quantitative estimate of drug-likeness (QED) is 0.832. The fourth-order valence-corrected chi connectivity index (χ4v) is 4.05. The number of benzene rings is 2. The fraction of sp³-hybridized carbons (Fsp3) is 0.278. The number of ether oxygens (including phenoxy) is 1. The molecule has 1 amide bonds. The first-order chi connectivity index (χ1) is 11.6. The van der Waals surface area contributed by atoms with Gasteiger partial charge in [0.1, 0.15) is 11.1 Å². The van der Waals surface area contributed by atoms with Crippen LogP contribution in [0.1, 0.15) is 22.9 Å². The molecule has 0 bridgehead atoms. The number of phenolic OH excluding ortho intramolecular Hbond substituents is 2. The van der Waals surface area contributed by atoms with E-state index in [9.17, 15) is 15.0 Å². The Morgan fingerprint density at radius 2 is 2.00 bits per heavy atom. The maximum Gasteiger partial charge on any atom is 0.224 e. The highest BCUT2D eigenvalue weighted by atomic mass is 32.2. The number of aromatic hydroxyl groups is 2. The van der Waals surface area contributed by atoms with Crippen molar-refractivity contribution in [2.45, 2.75) is 18.3 Å². The molecule has 0 spiro atoms. The molecule has 1 unspecified atom stereocenters. The number of carbonyl (C=O) groups excluding carboxylic acids is 1. The van der Waals surface area contributed by atoms with E-state index in [2.05, 4.69) is 0 Å². The van der Waals surface area contributed by atoms with Crippen LogP contribution in [-0.2, 0) is 11.3 Å². The minimum Gasteiger partial charge on any atom is -0.504 e. The normalized spacial score (nSPS) is 17.8. The molecular weight excluding hydrogens is 326 g/mol. The summed E-state index contributed by atoms with van der Waals surface area (Å²) in [4.78, 5) is 14.3. The summed E-state index contributed by atoms with van der Waals surface area (Å²) in [6, 6.07) is 12.3. The first-order valence-corrected chi connectivity index (χ1v) is 8.70. The Kier molecular flexibility index (Phi) is 4.85. The van der Waals surface area contributed by atoms with Crippen molar-refractivity contribution in [1.82, 2.24) is 4.90 Å². The molecule has 2 aromatic rings. The van der Waals surface area contributed by atoms with Crippen LogP contribution in [0.5, 0.6) is 17.2 Å². The lowest BCUT2D eigenvalue weighted by Gasteiger charge is -2.36. The standard InChI is InChI=1S/C18H19NO4S/c1-23-16-5-3-2-4-13(16)18-19(17(22)8-9-24-18)11-12-6-7-14(20)15(21)10-12/h2-7,10,18,20-21H,8-9,11H2,1H3. The minimum atomic E-state index is -0.182. The minimum absolute atomic E-state index is 0.0669. The zero-order valence-corrected chi connectivity index (χ0v) is 14.1. The summed E-state index contributed by atoms with van der Waals surface area (Å²) in [5.41, 5.74) is 1.72. The first kappa shape index (κ1) is 16.5. The van der Waals surface area contributed by atoms with Gasteiger partial charge in [0.05, 0.1) is 7.11 Å². The van der Waals surface area contributed by atoms with Gasteiger partial charge in [0, 0.05) is 24.3 Å². The number of para-hydroxylation sites is 1. The zero-order chi connectivity index (χ0) is 17.1. The van der Waals surface area contributed by atoms with Gasteiger partial charge in [0.25, 0.3) is 0 Å². The predicted octanol–water partition coefficient (Wildman–Crippen LogP) is 3.27. The Morgan fingerprint density at radius 3 is 2.75 bits per heavy atom. The third kappa shape index (κ3) is 3.28. The predicted molar refractivity (Wildman–Crippen MR) is 93.1 cm³/mol. The third-order valence-corrected chi connectivity index (χ3v) is 5.26. The van der Waals surface area contributed by atoms with E-state index >= 15 is 0 Å². The van der Waals surface area contributed by atoms with Crippen LogP contribution in [0.25, 0.3) is 0 Å². The van der Waals surface area contributed by atoms with Crippen LogP contribution in [0, 0.1) is 0 Å². The number of carbonyl (C=O) groups is 1. The summed E-state index contributed by atoms with van der Waals surface area (Å²) in [7, 11) is 1.62. The van der Waals surface area contributed by atoms with Crippen molar-refractivity contribution in [2.75, 3.05) is 12.9 Å². The molecule has 1 saturated heterocycles. The van der Waals surface area contributed by atoms with Crippen LogP contribution in [0.15, 0.2) is 42.5 Å². The van der Waals surface area contributed by atoms with Crippen LogP contribution in [0.4, 0.5) is 0 Å². The topological polar surface area (TPSA) is 70.0 Å². The Balaban J connectivity index is 1.92. The van der Waals surface area contributed by atoms with Gasteiger partial charge in [-0.1, -0.05) is 24.3 Å². The van der Waals surface area contributed by atoms with Crippen molar-refractivity contribution < 1.29 is 19.7 Å². The lowest BCUT2D eigenvalue weighted by atomic mass is 10.1. The van der Waals surface area contributed by atoms with Gasteiger partial charge in [-0.15, -0.1) is 11.8 Å². The molecule has 126 valence electrons. The molecule has 1 heterocycles. The zero-order valence-electron chi connectivity index (χ0n) is 13.3. The van der Waals surface area contributed by atoms with Gasteiger partial charge >= 0.3 is 0 Å². The summed E-state index contributed by atoms with van der Waals surface area (Å²) in [5.74, 6) is 1.23. The smallest absolute Gasteiger partial charge is 0.224 e. The number of thioether (sulfide) groups is 1. The highest BCUT2D eigenvalue weighted by molar-refractivity contribution is 7.99. The molecule has 1 aliphatic rings. The molecular formula is C18H19NO4S. The van der Waals surface area contributed by atoms with E-state index in [-0.39, 0.29) is 22.8 Å². The monoisotopic (exact) mass is 345 g/mol. The lowest BCUT2D eigenvalue weighted by molar-refractivity contribution is -0.132. The molecule has 1 atom stereocenters. The molecule has 3 rings (SSSR count). The second-order valence-electron chi connectivity index (χ2n) is 5.56. The van der Waals surface area contributed by atoms with Gasteiger partial charge < -0.3 is 19.8 Å². The number of phenols is 2. The van der Waals surface area contributed by atoms with Crippen LogP contribution in [-0.4, -0.2) is 33.9 Å². The van der Waals surface area contributed by atoms with E-state index in [0.717, 1.165) is 22.6 Å². The number of nitrogens with zero attached hydrogens (tertiary/aromatic N) is 1. The SMILES string of the molecule is COc1ccccc1C1SCCC(=O)N1Cc1ccc(O)c(O)c1. The van der Waals surface area contributed by atoms with Gasteiger partial charge in [-0.3, -0.25) is 4.79 Å². The maximum absolute atomic E-state index is 12.5. The van der Waals surface area contributed by atoms with Crippen molar-refractivity contribution in [2.24, 2.45) is 0 Å². The van der Waals surface area contributed by atoms with Crippen LogP contribution >= 0.6 is 11.8 Å². The number of rotatable bonds is 4. The maximum atomic E-state index is 12.5. The summed E-state index contributed by atoms with van der Waals surface area (Å²) < 4.78 is 5.44. The average Bonchev–Trinajstić information content (AvgIpc) is 2.60. The highest BCUT2D eigenvalue weighted by Gasteiger charge is 2.31. The van der Waals surface area contributed by atoms with Crippen LogP contribution < -0.4 is 4.74 Å². The summed E-state index contributed by atoms with van der Waals surface area (Å²) >= 11 is 1.70. The second kappa shape index (κ2) is 7.05. The summed E-state index contributed by atoms with van der Waals surface area (Å²) in [6.45, 7) is 0.363. The van der Waals surface area contributed by atoms with Crippen molar-refractivity contribution in [1.29, 1.82) is 0 Å². The van der Waals surface area contributed by atoms with Crippen molar-refractivity contribution in [3.8, 4) is 17.2 Å². The molecule has 24 heavy (non-hydrogen) atoms.